The third kappa shape index (κ3) is 25.3. The van der Waals surface area contributed by atoms with Crippen molar-refractivity contribution < 1.29 is 67.4 Å². The van der Waals surface area contributed by atoms with Crippen LogP contribution in [0.5, 0.6) is 0 Å². The molecule has 0 heterocycles. The Hall–Kier alpha value is -6.56. The van der Waals surface area contributed by atoms with Crippen molar-refractivity contribution in [3.05, 3.63) is 0 Å². The van der Waals surface area contributed by atoms with Gasteiger partial charge in [0.05, 0.1) is 66.0 Å². The zero-order chi connectivity index (χ0) is 37.2. The summed E-state index contributed by atoms with van der Waals surface area (Å²) < 4.78 is 4.27. The van der Waals surface area contributed by atoms with Gasteiger partial charge in [0.1, 0.15) is 13.1 Å². The van der Waals surface area contributed by atoms with E-state index in [2.05, 4.69) is 57.9 Å². The van der Waals surface area contributed by atoms with Crippen molar-refractivity contribution in [3.63, 3.8) is 0 Å². The van der Waals surface area contributed by atoms with Crippen molar-refractivity contribution in [2.75, 3.05) is 79.1 Å². The molecule has 0 atom stereocenters. The fourth-order valence-corrected chi connectivity index (χ4v) is 2.63. The number of aliphatic carboxylic acids is 1. The van der Waals surface area contributed by atoms with Crippen molar-refractivity contribution >= 4 is 71.1 Å². The van der Waals surface area contributed by atoms with Crippen LogP contribution in [0.15, 0.2) is 0 Å². The lowest BCUT2D eigenvalue weighted by molar-refractivity contribution is -0.138. The molecule has 25 heteroatoms. The Bertz CT molecular complexity index is 1270. The highest BCUT2D eigenvalue weighted by atomic mass is 16.5. The van der Waals surface area contributed by atoms with E-state index in [0.29, 0.717) is 0 Å². The second-order valence-corrected chi connectivity index (χ2v) is 9.01. The molecule has 0 radical (unpaired) electrons. The molecule has 0 aromatic carbocycles. The molecule has 25 nitrogen and oxygen atoms in total. The van der Waals surface area contributed by atoms with Crippen LogP contribution in [0.25, 0.3) is 0 Å². The Morgan fingerprint density at radius 3 is 0.653 bits per heavy atom. The molecular formula is C24H37N11O14. The number of amides is 11. The first-order valence-electron chi connectivity index (χ1n) is 13.8. The van der Waals surface area contributed by atoms with Gasteiger partial charge in [0.25, 0.3) is 0 Å². The fraction of sp³-hybridized carbons (Fsp3) is 0.500. The maximum atomic E-state index is 11.8. The van der Waals surface area contributed by atoms with Crippen molar-refractivity contribution in [2.24, 2.45) is 0 Å². The average Bonchev–Trinajstić information content (AvgIpc) is 3.07. The number of alkyl carbamates (subject to hydrolysis) is 1. The number of carbonyl (C=O) groups is 12. The number of hydrogen-bond acceptors (Lipinski definition) is 13. The van der Waals surface area contributed by atoms with Gasteiger partial charge in [-0.2, -0.15) is 0 Å². The number of carboxylic acids is 1. The van der Waals surface area contributed by atoms with E-state index in [1.54, 1.807) is 0 Å². The van der Waals surface area contributed by atoms with Gasteiger partial charge in [0, 0.05) is 0 Å². The summed E-state index contributed by atoms with van der Waals surface area (Å²) in [5.74, 6) is -8.95. The molecule has 0 rings (SSSR count). The second kappa shape index (κ2) is 24.6. The van der Waals surface area contributed by atoms with E-state index in [1.165, 1.54) is 0 Å². The molecule has 0 aliphatic rings. The van der Waals surface area contributed by atoms with Crippen LogP contribution in [0.2, 0.25) is 0 Å². The molecule has 11 amide bonds. The minimum atomic E-state index is -1.27. The number of ether oxygens (including phenoxy) is 1. The number of carboxylic acid groups (broad SMARTS) is 1. The molecular weight excluding hydrogens is 666 g/mol. The van der Waals surface area contributed by atoms with Crippen molar-refractivity contribution in [1.29, 1.82) is 0 Å². The lowest BCUT2D eigenvalue weighted by Crippen LogP contribution is -2.47. The molecule has 12 N–H and O–H groups in total. The third-order valence-corrected chi connectivity index (χ3v) is 5.03. The van der Waals surface area contributed by atoms with Gasteiger partial charge in [-0.15, -0.1) is 0 Å². The van der Waals surface area contributed by atoms with Crippen LogP contribution in [0.4, 0.5) is 4.79 Å². The van der Waals surface area contributed by atoms with Gasteiger partial charge >= 0.3 is 12.1 Å². The van der Waals surface area contributed by atoms with Gasteiger partial charge in [-0.1, -0.05) is 0 Å². The average molecular weight is 704 g/mol. The van der Waals surface area contributed by atoms with Crippen molar-refractivity contribution in [2.45, 2.75) is 0 Å². The summed E-state index contributed by atoms with van der Waals surface area (Å²) >= 11 is 0. The van der Waals surface area contributed by atoms with Gasteiger partial charge in [0.2, 0.25) is 59.1 Å². The third-order valence-electron chi connectivity index (χ3n) is 5.03. The van der Waals surface area contributed by atoms with Gasteiger partial charge in [0.15, 0.2) is 0 Å². The molecule has 0 saturated heterocycles. The van der Waals surface area contributed by atoms with Gasteiger partial charge < -0.3 is 68.3 Å². The lowest BCUT2D eigenvalue weighted by Gasteiger charge is -2.10. The van der Waals surface area contributed by atoms with E-state index in [1.807, 2.05) is 5.32 Å². The first kappa shape index (κ1) is 42.4. The highest BCUT2D eigenvalue weighted by Crippen LogP contribution is 1.76. The van der Waals surface area contributed by atoms with Crippen LogP contribution in [-0.2, 0) is 57.5 Å². The number of nitrogens with one attached hydrogen (secondary N) is 11. The summed E-state index contributed by atoms with van der Waals surface area (Å²) in [5.41, 5.74) is 0. The van der Waals surface area contributed by atoms with Crippen molar-refractivity contribution in [1.82, 2.24) is 58.5 Å². The lowest BCUT2D eigenvalue weighted by atomic mass is 10.4. The number of rotatable bonds is 22. The summed E-state index contributed by atoms with van der Waals surface area (Å²) in [6, 6.07) is 0. The number of carbonyl (C=O) groups excluding carboxylic acids is 11. The van der Waals surface area contributed by atoms with Gasteiger partial charge in [-0.05, 0) is 0 Å². The molecule has 272 valence electrons. The minimum Gasteiger partial charge on any atom is -0.480 e. The topological polar surface area (TPSA) is 367 Å². The molecule has 49 heavy (non-hydrogen) atoms. The smallest absolute Gasteiger partial charge is 0.407 e. The first-order chi connectivity index (χ1) is 23.1. The van der Waals surface area contributed by atoms with Crippen LogP contribution in [-0.4, -0.2) is 155 Å². The molecule has 0 aliphatic heterocycles. The molecule has 0 aromatic heterocycles. The SMILES string of the molecule is COC(=O)NCC(=O)NCC(=O)NCC(=O)NCC(=O)NCC(=O)NCC(=O)NCC(=O)NCC(=O)NCC(=O)NCC(=O)NCC(=O)O. The highest BCUT2D eigenvalue weighted by Gasteiger charge is 2.13. The van der Waals surface area contributed by atoms with Gasteiger partial charge in [-0.3, -0.25) is 52.7 Å². The standard InChI is InChI=1S/C24H37N11O14/c1-49-24(48)35-11-22(45)33-9-20(43)31-7-18(41)29-5-16(39)27-3-14(37)25-2-13(36)26-4-15(38)28-6-17(40)30-8-19(42)32-10-21(44)34-12-23(46)47/h2-12H2,1H3,(H,25,37)(H,26,36)(H,27,39)(H,28,38)(H,29,41)(H,30,40)(H,31,43)(H,32,42)(H,33,45)(H,34,44)(H,35,48)(H,46,47). The van der Waals surface area contributed by atoms with E-state index >= 15 is 0 Å². The first-order valence-corrected chi connectivity index (χ1v) is 13.8. The predicted molar refractivity (Wildman–Crippen MR) is 158 cm³/mol. The molecule has 0 aliphatic carbocycles. The Kier molecular flexibility index (Phi) is 21.3. The van der Waals surface area contributed by atoms with E-state index < -0.39 is 143 Å². The molecule has 0 saturated carbocycles. The van der Waals surface area contributed by atoms with Gasteiger partial charge in [-0.25, -0.2) is 4.79 Å². The van der Waals surface area contributed by atoms with E-state index in [4.69, 9.17) is 5.11 Å². The summed E-state index contributed by atoms with van der Waals surface area (Å²) in [6.07, 6.45) is -0.846. The van der Waals surface area contributed by atoms with E-state index in [9.17, 15) is 57.5 Å². The Balaban J connectivity index is 3.99. The fourth-order valence-electron chi connectivity index (χ4n) is 2.63. The summed E-state index contributed by atoms with van der Waals surface area (Å²) in [4.78, 5) is 138. The molecule has 0 aromatic rings. The number of hydrogen-bond donors (Lipinski definition) is 12. The Morgan fingerprint density at radius 1 is 0.327 bits per heavy atom. The predicted octanol–water partition coefficient (Wildman–Crippen LogP) is -9.41. The normalized spacial score (nSPS) is 9.65. The Labute approximate surface area is 276 Å². The van der Waals surface area contributed by atoms with Crippen LogP contribution < -0.4 is 58.5 Å². The molecule has 0 bridgehead atoms. The quantitative estimate of drug-likeness (QED) is 0.0498. The van der Waals surface area contributed by atoms with Crippen LogP contribution >= 0.6 is 0 Å². The monoisotopic (exact) mass is 703 g/mol. The maximum absolute atomic E-state index is 11.8. The maximum Gasteiger partial charge on any atom is 0.407 e. The molecule has 0 unspecified atom stereocenters. The van der Waals surface area contributed by atoms with E-state index in [0.717, 1.165) is 7.11 Å². The molecule has 0 spiro atoms. The second-order valence-electron chi connectivity index (χ2n) is 9.01. The zero-order valence-electron chi connectivity index (χ0n) is 26.0. The summed E-state index contributed by atoms with van der Waals surface area (Å²) in [5, 5.41) is 32.0. The largest absolute Gasteiger partial charge is 0.480 e. The summed E-state index contributed by atoms with van der Waals surface area (Å²) in [6.45, 7) is -6.03. The Morgan fingerprint density at radius 2 is 0.490 bits per heavy atom. The summed E-state index contributed by atoms with van der Waals surface area (Å²) in [7, 11) is 1.10. The highest BCUT2D eigenvalue weighted by molar-refractivity contribution is 5.94. The van der Waals surface area contributed by atoms with Crippen molar-refractivity contribution in [3.8, 4) is 0 Å². The zero-order valence-corrected chi connectivity index (χ0v) is 26.0. The minimum absolute atomic E-state index is 0.441. The van der Waals surface area contributed by atoms with Crippen LogP contribution in [0.1, 0.15) is 0 Å². The van der Waals surface area contributed by atoms with E-state index in [-0.39, 0.29) is 0 Å². The van der Waals surface area contributed by atoms with Crippen LogP contribution in [0, 0.1) is 0 Å². The molecule has 0 fully saturated rings. The number of methoxy groups -OCH3 is 1. The van der Waals surface area contributed by atoms with Crippen LogP contribution in [0.3, 0.4) is 0 Å².